The van der Waals surface area contributed by atoms with Crippen molar-refractivity contribution < 1.29 is 19.0 Å². The number of rotatable bonds is 13. The van der Waals surface area contributed by atoms with Crippen LogP contribution in [0.5, 0.6) is 11.5 Å². The molecule has 1 unspecified atom stereocenters. The van der Waals surface area contributed by atoms with Crippen molar-refractivity contribution in [1.82, 2.24) is 0 Å². The highest BCUT2D eigenvalue weighted by molar-refractivity contribution is 5.76. The molecule has 2 rings (SSSR count). The SMILES string of the molecule is CCCCCCCCOc1ccc(-c2ccccc2)c(OC(C)C(=O)OCC)c1. The van der Waals surface area contributed by atoms with Gasteiger partial charge in [-0.3, -0.25) is 0 Å². The lowest BCUT2D eigenvalue weighted by atomic mass is 10.0. The van der Waals surface area contributed by atoms with Crippen LogP contribution in [0, 0.1) is 0 Å². The van der Waals surface area contributed by atoms with Crippen molar-refractivity contribution in [2.45, 2.75) is 65.4 Å². The quantitative estimate of drug-likeness (QED) is 0.288. The third-order valence-corrected chi connectivity index (χ3v) is 4.73. The molecule has 0 heterocycles. The van der Waals surface area contributed by atoms with E-state index in [1.54, 1.807) is 13.8 Å². The van der Waals surface area contributed by atoms with E-state index in [4.69, 9.17) is 14.2 Å². The maximum Gasteiger partial charge on any atom is 0.347 e. The second-order valence-corrected chi connectivity index (χ2v) is 7.15. The summed E-state index contributed by atoms with van der Waals surface area (Å²) in [6.07, 6.45) is 6.66. The van der Waals surface area contributed by atoms with Gasteiger partial charge in [-0.1, -0.05) is 69.4 Å². The van der Waals surface area contributed by atoms with E-state index in [1.165, 1.54) is 32.1 Å². The van der Waals surface area contributed by atoms with Crippen molar-refractivity contribution in [2.24, 2.45) is 0 Å². The predicted molar refractivity (Wildman–Crippen MR) is 117 cm³/mol. The Morgan fingerprint density at radius 3 is 2.38 bits per heavy atom. The number of hydrogen-bond acceptors (Lipinski definition) is 4. The molecule has 4 nitrogen and oxygen atoms in total. The second kappa shape index (κ2) is 12.9. The van der Waals surface area contributed by atoms with Gasteiger partial charge in [0.15, 0.2) is 6.10 Å². The minimum Gasteiger partial charge on any atom is -0.493 e. The van der Waals surface area contributed by atoms with Gasteiger partial charge in [-0.25, -0.2) is 4.79 Å². The van der Waals surface area contributed by atoms with E-state index in [9.17, 15) is 4.79 Å². The molecule has 0 aliphatic rings. The second-order valence-electron chi connectivity index (χ2n) is 7.15. The summed E-state index contributed by atoms with van der Waals surface area (Å²) in [6, 6.07) is 15.8. The molecule has 0 amide bonds. The number of carbonyl (C=O) groups is 1. The summed E-state index contributed by atoms with van der Waals surface area (Å²) in [4.78, 5) is 12.0. The Morgan fingerprint density at radius 2 is 1.66 bits per heavy atom. The highest BCUT2D eigenvalue weighted by Gasteiger charge is 2.18. The first-order valence-corrected chi connectivity index (χ1v) is 10.8. The zero-order valence-electron chi connectivity index (χ0n) is 18.0. The van der Waals surface area contributed by atoms with Crippen molar-refractivity contribution in [2.75, 3.05) is 13.2 Å². The number of esters is 1. The van der Waals surface area contributed by atoms with Gasteiger partial charge >= 0.3 is 5.97 Å². The zero-order chi connectivity index (χ0) is 20.9. The van der Waals surface area contributed by atoms with Crippen LogP contribution in [0.25, 0.3) is 11.1 Å². The molecule has 158 valence electrons. The van der Waals surface area contributed by atoms with Crippen LogP contribution in [0.4, 0.5) is 0 Å². The van der Waals surface area contributed by atoms with Gasteiger partial charge in [0.1, 0.15) is 11.5 Å². The summed E-state index contributed by atoms with van der Waals surface area (Å²) >= 11 is 0. The van der Waals surface area contributed by atoms with Gasteiger partial charge in [-0.15, -0.1) is 0 Å². The summed E-state index contributed by atoms with van der Waals surface area (Å²) in [5.41, 5.74) is 1.95. The highest BCUT2D eigenvalue weighted by atomic mass is 16.6. The largest absolute Gasteiger partial charge is 0.493 e. The molecule has 0 fully saturated rings. The zero-order valence-corrected chi connectivity index (χ0v) is 18.0. The monoisotopic (exact) mass is 398 g/mol. The Bertz CT molecular complexity index is 727. The minimum absolute atomic E-state index is 0.333. The molecule has 0 saturated heterocycles. The van der Waals surface area contributed by atoms with Crippen LogP contribution in [-0.2, 0) is 9.53 Å². The van der Waals surface area contributed by atoms with Crippen LogP contribution in [0.15, 0.2) is 48.5 Å². The fourth-order valence-electron chi connectivity index (χ4n) is 3.12. The average Bonchev–Trinajstić information content (AvgIpc) is 2.74. The van der Waals surface area contributed by atoms with Crippen molar-refractivity contribution in [3.63, 3.8) is 0 Å². The van der Waals surface area contributed by atoms with Crippen molar-refractivity contribution in [3.8, 4) is 22.6 Å². The van der Waals surface area contributed by atoms with Gasteiger partial charge in [0.2, 0.25) is 0 Å². The lowest BCUT2D eigenvalue weighted by Gasteiger charge is -2.18. The molecule has 29 heavy (non-hydrogen) atoms. The predicted octanol–water partition coefficient (Wildman–Crippen LogP) is 6.42. The molecule has 1 atom stereocenters. The Balaban J connectivity index is 2.05. The molecule has 0 bridgehead atoms. The third-order valence-electron chi connectivity index (χ3n) is 4.73. The van der Waals surface area contributed by atoms with Crippen LogP contribution in [0.2, 0.25) is 0 Å². The van der Waals surface area contributed by atoms with Crippen LogP contribution >= 0.6 is 0 Å². The Hall–Kier alpha value is -2.49. The van der Waals surface area contributed by atoms with E-state index >= 15 is 0 Å². The van der Waals surface area contributed by atoms with Gasteiger partial charge in [-0.05, 0) is 38.0 Å². The maximum atomic E-state index is 12.0. The maximum absolute atomic E-state index is 12.0. The molecule has 0 spiro atoms. The van der Waals surface area contributed by atoms with Crippen molar-refractivity contribution in [1.29, 1.82) is 0 Å². The fourth-order valence-corrected chi connectivity index (χ4v) is 3.12. The number of ether oxygens (including phenoxy) is 3. The molecule has 2 aromatic carbocycles. The van der Waals surface area contributed by atoms with Gasteiger partial charge in [-0.2, -0.15) is 0 Å². The Labute approximate surface area is 175 Å². The molecule has 0 saturated carbocycles. The van der Waals surface area contributed by atoms with E-state index in [2.05, 4.69) is 6.92 Å². The van der Waals surface area contributed by atoms with Crippen LogP contribution in [-0.4, -0.2) is 25.3 Å². The molecular weight excluding hydrogens is 364 g/mol. The number of benzene rings is 2. The van der Waals surface area contributed by atoms with Gasteiger partial charge in [0.25, 0.3) is 0 Å². The Kier molecular flexibility index (Phi) is 10.1. The van der Waals surface area contributed by atoms with E-state index in [0.717, 1.165) is 23.3 Å². The normalized spacial score (nSPS) is 11.7. The first-order valence-electron chi connectivity index (χ1n) is 10.8. The molecule has 0 N–H and O–H groups in total. The van der Waals surface area contributed by atoms with E-state index < -0.39 is 6.10 Å². The lowest BCUT2D eigenvalue weighted by molar-refractivity contribution is -0.150. The first-order chi connectivity index (χ1) is 14.2. The lowest BCUT2D eigenvalue weighted by Crippen LogP contribution is -2.26. The van der Waals surface area contributed by atoms with Crippen LogP contribution < -0.4 is 9.47 Å². The molecular formula is C25H34O4. The third kappa shape index (κ3) is 7.80. The average molecular weight is 399 g/mol. The first kappa shape index (κ1) is 22.8. The number of hydrogen-bond donors (Lipinski definition) is 0. The molecule has 0 aliphatic heterocycles. The number of unbranched alkanes of at least 4 members (excludes halogenated alkanes) is 5. The van der Waals surface area contributed by atoms with Gasteiger partial charge < -0.3 is 14.2 Å². The smallest absolute Gasteiger partial charge is 0.347 e. The Morgan fingerprint density at radius 1 is 0.931 bits per heavy atom. The number of carbonyl (C=O) groups excluding carboxylic acids is 1. The summed E-state index contributed by atoms with van der Waals surface area (Å²) in [5, 5.41) is 0. The molecule has 0 aromatic heterocycles. The van der Waals surface area contributed by atoms with E-state index in [0.29, 0.717) is 19.0 Å². The van der Waals surface area contributed by atoms with Crippen LogP contribution in [0.3, 0.4) is 0 Å². The van der Waals surface area contributed by atoms with E-state index in [1.807, 2.05) is 48.5 Å². The van der Waals surface area contributed by atoms with Crippen LogP contribution in [0.1, 0.15) is 59.3 Å². The molecule has 4 heteroatoms. The topological polar surface area (TPSA) is 44.8 Å². The van der Waals surface area contributed by atoms with Crippen molar-refractivity contribution >= 4 is 5.97 Å². The summed E-state index contributed by atoms with van der Waals surface area (Å²) in [6.45, 7) is 6.74. The summed E-state index contributed by atoms with van der Waals surface area (Å²) in [7, 11) is 0. The van der Waals surface area contributed by atoms with Gasteiger partial charge in [0, 0.05) is 11.6 Å². The minimum atomic E-state index is -0.689. The fraction of sp³-hybridized carbons (Fsp3) is 0.480. The van der Waals surface area contributed by atoms with Crippen molar-refractivity contribution in [3.05, 3.63) is 48.5 Å². The molecule has 0 aliphatic carbocycles. The van der Waals surface area contributed by atoms with Gasteiger partial charge in [0.05, 0.1) is 13.2 Å². The summed E-state index contributed by atoms with van der Waals surface area (Å²) < 4.78 is 17.0. The highest BCUT2D eigenvalue weighted by Crippen LogP contribution is 2.34. The van der Waals surface area contributed by atoms with E-state index in [-0.39, 0.29) is 5.97 Å². The summed E-state index contributed by atoms with van der Waals surface area (Å²) in [5.74, 6) is 1.01. The molecule has 0 radical (unpaired) electrons. The molecule has 2 aromatic rings. The standard InChI is InChI=1S/C25H34O4/c1-4-6-7-8-9-13-18-28-22-16-17-23(21-14-11-10-12-15-21)24(19-22)29-20(3)25(26)27-5-2/h10-12,14-17,19-20H,4-9,13,18H2,1-3H3.